The Balaban J connectivity index is 1.75. The number of rotatable bonds is 5. The second-order valence-corrected chi connectivity index (χ2v) is 8.40. The van der Waals surface area contributed by atoms with Gasteiger partial charge in [-0.15, -0.1) is 0 Å². The van der Waals surface area contributed by atoms with Crippen molar-refractivity contribution in [1.29, 1.82) is 5.41 Å². The van der Waals surface area contributed by atoms with Crippen molar-refractivity contribution in [1.82, 2.24) is 4.90 Å². The second-order valence-electron chi connectivity index (χ2n) is 8.40. The molecule has 1 fully saturated rings. The van der Waals surface area contributed by atoms with Gasteiger partial charge in [0.1, 0.15) is 0 Å². The van der Waals surface area contributed by atoms with E-state index in [4.69, 9.17) is 5.41 Å². The summed E-state index contributed by atoms with van der Waals surface area (Å²) >= 11 is 0. The minimum Gasteiger partial charge on any atom is -0.305 e. The number of benzene rings is 2. The fourth-order valence-electron chi connectivity index (χ4n) is 4.61. The van der Waals surface area contributed by atoms with Gasteiger partial charge in [0.2, 0.25) is 0 Å². The lowest BCUT2D eigenvalue weighted by atomic mass is 9.80. The molecule has 1 unspecified atom stereocenters. The monoisotopic (exact) mass is 358 g/mol. The number of likely N-dealkylation sites (N-methyl/N-ethyl adjacent to an activating group) is 1. The molecule has 2 aliphatic rings. The molecule has 2 nitrogen and oxygen atoms in total. The van der Waals surface area contributed by atoms with Gasteiger partial charge < -0.3 is 10.3 Å². The number of allylic oxidation sites excluding steroid dienone is 2. The molecule has 2 aromatic rings. The maximum atomic E-state index is 9.01. The Morgan fingerprint density at radius 3 is 2.44 bits per heavy atom. The standard InChI is InChI=1S/C25H30N2/c1-27(2)17-18-12-13-22(14-18)23-15-20-10-6-7-11-21(20)16-24(23)25(26)19-8-4-3-5-9-19/h6-7,10-16,19,22,26H,3-5,8-9,17H2,1-2H3. The molecule has 2 aromatic carbocycles. The highest BCUT2D eigenvalue weighted by Gasteiger charge is 2.24. The zero-order valence-corrected chi connectivity index (χ0v) is 16.5. The van der Waals surface area contributed by atoms with E-state index in [1.165, 1.54) is 54.0 Å². The molecule has 0 heterocycles. The maximum Gasteiger partial charge on any atom is 0.0420 e. The summed E-state index contributed by atoms with van der Waals surface area (Å²) in [5.41, 5.74) is 4.69. The molecule has 1 atom stereocenters. The smallest absolute Gasteiger partial charge is 0.0420 e. The van der Waals surface area contributed by atoms with Crippen molar-refractivity contribution in [2.45, 2.75) is 38.0 Å². The third-order valence-electron chi connectivity index (χ3n) is 5.99. The first-order valence-electron chi connectivity index (χ1n) is 10.3. The Kier molecular flexibility index (Phi) is 5.27. The van der Waals surface area contributed by atoms with Gasteiger partial charge >= 0.3 is 0 Å². The predicted octanol–water partition coefficient (Wildman–Crippen LogP) is 5.93. The van der Waals surface area contributed by atoms with E-state index in [0.29, 0.717) is 5.92 Å². The van der Waals surface area contributed by atoms with Crippen LogP contribution in [0, 0.1) is 11.3 Å². The Hall–Kier alpha value is -2.19. The van der Waals surface area contributed by atoms with E-state index in [1.54, 1.807) is 0 Å². The van der Waals surface area contributed by atoms with Crippen LogP contribution in [-0.2, 0) is 0 Å². The summed E-state index contributed by atoms with van der Waals surface area (Å²) < 4.78 is 0. The van der Waals surface area contributed by atoms with E-state index in [9.17, 15) is 0 Å². The third-order valence-corrected chi connectivity index (χ3v) is 5.99. The molecule has 0 radical (unpaired) electrons. The van der Waals surface area contributed by atoms with Crippen LogP contribution in [0.25, 0.3) is 10.8 Å². The van der Waals surface area contributed by atoms with Crippen molar-refractivity contribution in [2.24, 2.45) is 5.92 Å². The average molecular weight is 359 g/mol. The van der Waals surface area contributed by atoms with Crippen LogP contribution < -0.4 is 0 Å². The molecule has 0 bridgehead atoms. The Labute approximate surface area is 163 Å². The fourth-order valence-corrected chi connectivity index (χ4v) is 4.61. The van der Waals surface area contributed by atoms with Gasteiger partial charge in [-0.3, -0.25) is 0 Å². The molecule has 2 aliphatic carbocycles. The van der Waals surface area contributed by atoms with Crippen LogP contribution in [0.1, 0.15) is 49.1 Å². The van der Waals surface area contributed by atoms with Crippen LogP contribution in [0.2, 0.25) is 0 Å². The topological polar surface area (TPSA) is 27.1 Å². The first kappa shape index (κ1) is 18.2. The minimum atomic E-state index is 0.281. The number of fused-ring (bicyclic) bond motifs is 1. The van der Waals surface area contributed by atoms with Gasteiger partial charge in [-0.05, 0) is 61.0 Å². The van der Waals surface area contributed by atoms with Crippen LogP contribution in [-0.4, -0.2) is 31.3 Å². The number of hydrogen-bond donors (Lipinski definition) is 1. The van der Waals surface area contributed by atoms with Gasteiger partial charge in [0.05, 0.1) is 0 Å². The molecule has 0 aliphatic heterocycles. The summed E-state index contributed by atoms with van der Waals surface area (Å²) in [6.45, 7) is 0.968. The van der Waals surface area contributed by atoms with Gasteiger partial charge in [-0.25, -0.2) is 0 Å². The summed E-state index contributed by atoms with van der Waals surface area (Å²) in [6, 6.07) is 13.2. The van der Waals surface area contributed by atoms with Crippen molar-refractivity contribution < 1.29 is 0 Å². The van der Waals surface area contributed by atoms with Gasteiger partial charge in [-0.2, -0.15) is 0 Å². The van der Waals surface area contributed by atoms with Crippen molar-refractivity contribution in [3.8, 4) is 0 Å². The van der Waals surface area contributed by atoms with E-state index in [-0.39, 0.29) is 5.92 Å². The fraction of sp³-hybridized carbons (Fsp3) is 0.400. The zero-order valence-electron chi connectivity index (χ0n) is 16.5. The summed E-state index contributed by atoms with van der Waals surface area (Å²) in [7, 11) is 4.23. The lowest BCUT2D eigenvalue weighted by Gasteiger charge is -2.25. The van der Waals surface area contributed by atoms with Crippen LogP contribution in [0.15, 0.2) is 60.2 Å². The van der Waals surface area contributed by atoms with Crippen LogP contribution >= 0.6 is 0 Å². The molecule has 27 heavy (non-hydrogen) atoms. The molecular formula is C25H30N2. The molecule has 0 amide bonds. The van der Waals surface area contributed by atoms with Crippen LogP contribution in [0.5, 0.6) is 0 Å². The molecule has 1 saturated carbocycles. The van der Waals surface area contributed by atoms with E-state index in [1.807, 2.05) is 0 Å². The molecule has 0 aromatic heterocycles. The lowest BCUT2D eigenvalue weighted by molar-refractivity contribution is 0.438. The third kappa shape index (κ3) is 3.91. The lowest BCUT2D eigenvalue weighted by Crippen LogP contribution is -2.19. The summed E-state index contributed by atoms with van der Waals surface area (Å²) in [6.07, 6.45) is 13.2. The van der Waals surface area contributed by atoms with E-state index in [2.05, 4.69) is 73.6 Å². The largest absolute Gasteiger partial charge is 0.305 e. The molecule has 0 saturated heterocycles. The molecule has 140 valence electrons. The highest BCUT2D eigenvalue weighted by molar-refractivity contribution is 6.04. The van der Waals surface area contributed by atoms with E-state index >= 15 is 0 Å². The summed E-state index contributed by atoms with van der Waals surface area (Å²) in [5, 5.41) is 11.5. The first-order valence-corrected chi connectivity index (χ1v) is 10.3. The normalized spacial score (nSPS) is 20.4. The molecule has 0 spiro atoms. The molecule has 2 heteroatoms. The Morgan fingerprint density at radius 2 is 1.74 bits per heavy atom. The predicted molar refractivity (Wildman–Crippen MR) is 116 cm³/mol. The second kappa shape index (κ2) is 7.82. The van der Waals surface area contributed by atoms with Crippen LogP contribution in [0.4, 0.5) is 0 Å². The number of nitrogens with one attached hydrogen (secondary N) is 1. The number of nitrogens with zero attached hydrogens (tertiary/aromatic N) is 1. The number of hydrogen-bond acceptors (Lipinski definition) is 2. The zero-order chi connectivity index (χ0) is 18.8. The van der Waals surface area contributed by atoms with Gasteiger partial charge in [0.15, 0.2) is 0 Å². The highest BCUT2D eigenvalue weighted by atomic mass is 15.0. The quantitative estimate of drug-likeness (QED) is 0.659. The molecule has 1 N–H and O–H groups in total. The highest BCUT2D eigenvalue weighted by Crippen LogP contribution is 2.35. The SMILES string of the molecule is CN(C)CC1=CC(c2cc3ccccc3cc2C(=N)C2CCCCC2)C=C1. The van der Waals surface area contributed by atoms with Gasteiger partial charge in [0.25, 0.3) is 0 Å². The summed E-state index contributed by atoms with van der Waals surface area (Å²) in [4.78, 5) is 2.21. The van der Waals surface area contributed by atoms with Crippen molar-refractivity contribution in [3.63, 3.8) is 0 Å². The van der Waals surface area contributed by atoms with E-state index < -0.39 is 0 Å². The van der Waals surface area contributed by atoms with Crippen molar-refractivity contribution >= 4 is 16.5 Å². The van der Waals surface area contributed by atoms with Gasteiger partial charge in [-0.1, -0.05) is 61.8 Å². The minimum absolute atomic E-state index is 0.281. The summed E-state index contributed by atoms with van der Waals surface area (Å²) in [5.74, 6) is 0.706. The van der Waals surface area contributed by atoms with Gasteiger partial charge in [0, 0.05) is 29.7 Å². The average Bonchev–Trinajstić information content (AvgIpc) is 3.14. The van der Waals surface area contributed by atoms with Crippen molar-refractivity contribution in [2.75, 3.05) is 20.6 Å². The first-order chi connectivity index (χ1) is 13.1. The van der Waals surface area contributed by atoms with Crippen LogP contribution in [0.3, 0.4) is 0 Å². The maximum absolute atomic E-state index is 9.01. The van der Waals surface area contributed by atoms with Crippen molar-refractivity contribution in [3.05, 3.63) is 71.3 Å². The Morgan fingerprint density at radius 1 is 1.04 bits per heavy atom. The molecular weight excluding hydrogens is 328 g/mol. The van der Waals surface area contributed by atoms with E-state index in [0.717, 1.165) is 17.8 Å². The molecule has 4 rings (SSSR count). The Bertz CT molecular complexity index is 898.